The van der Waals surface area contributed by atoms with Gasteiger partial charge in [0.25, 0.3) is 0 Å². The number of nitrogens with zero attached hydrogens (tertiary/aromatic N) is 1. The summed E-state index contributed by atoms with van der Waals surface area (Å²) in [6.07, 6.45) is 2.72. The molecule has 0 amide bonds. The van der Waals surface area contributed by atoms with E-state index in [2.05, 4.69) is 0 Å². The Morgan fingerprint density at radius 1 is 1.47 bits per heavy atom. The number of phenolic OH excluding ortho intramolecular Hbond substituents is 1. The summed E-state index contributed by atoms with van der Waals surface area (Å²) in [6.45, 7) is 0. The van der Waals surface area contributed by atoms with E-state index in [4.69, 9.17) is 5.11 Å². The number of aromatic hydroxyl groups is 1. The average Bonchev–Trinajstić information content (AvgIpc) is 2.19. The standard InChI is InChI=1S/C9H6FNO4/c10-7-4-6(2-1-3-12)5-8(9(7)13)11(14)15/h1-5,13H. The lowest BCUT2D eigenvalue weighted by Crippen LogP contribution is -1.92. The molecule has 78 valence electrons. The summed E-state index contributed by atoms with van der Waals surface area (Å²) in [5.41, 5.74) is -0.607. The molecule has 0 aromatic heterocycles. The number of nitro benzene ring substituents is 1. The number of aldehydes is 1. The van der Waals surface area contributed by atoms with E-state index in [0.717, 1.165) is 18.2 Å². The van der Waals surface area contributed by atoms with Crippen LogP contribution in [-0.2, 0) is 4.79 Å². The summed E-state index contributed by atoms with van der Waals surface area (Å²) >= 11 is 0. The van der Waals surface area contributed by atoms with E-state index in [9.17, 15) is 19.3 Å². The van der Waals surface area contributed by atoms with Crippen molar-refractivity contribution in [2.45, 2.75) is 0 Å². The first-order valence-electron chi connectivity index (χ1n) is 3.85. The Bertz CT molecular complexity index is 442. The van der Waals surface area contributed by atoms with Gasteiger partial charge in [0.05, 0.1) is 4.92 Å². The Kier molecular flexibility index (Phi) is 3.12. The summed E-state index contributed by atoms with van der Waals surface area (Å²) in [5.74, 6) is -2.11. The number of carbonyl (C=O) groups is 1. The van der Waals surface area contributed by atoms with Crippen molar-refractivity contribution < 1.29 is 19.2 Å². The molecule has 0 saturated carbocycles. The Balaban J connectivity index is 3.29. The van der Waals surface area contributed by atoms with Crippen LogP contribution >= 0.6 is 0 Å². The van der Waals surface area contributed by atoms with Crippen LogP contribution < -0.4 is 0 Å². The third-order valence-corrected chi connectivity index (χ3v) is 1.63. The number of hydrogen-bond acceptors (Lipinski definition) is 4. The van der Waals surface area contributed by atoms with Crippen LogP contribution in [0, 0.1) is 15.9 Å². The number of rotatable bonds is 3. The van der Waals surface area contributed by atoms with Crippen LogP contribution in [-0.4, -0.2) is 16.3 Å². The SMILES string of the molecule is O=CC=Cc1cc(F)c(O)c([N+](=O)[O-])c1. The molecule has 0 heterocycles. The van der Waals surface area contributed by atoms with Gasteiger partial charge in [0.15, 0.2) is 5.82 Å². The largest absolute Gasteiger partial charge is 0.500 e. The molecule has 1 N–H and O–H groups in total. The Morgan fingerprint density at radius 3 is 2.67 bits per heavy atom. The first kappa shape index (κ1) is 10.8. The minimum Gasteiger partial charge on any atom is -0.500 e. The molecule has 0 spiro atoms. The zero-order valence-electron chi connectivity index (χ0n) is 7.38. The maximum absolute atomic E-state index is 13.0. The van der Waals surface area contributed by atoms with Crippen molar-refractivity contribution in [2.24, 2.45) is 0 Å². The lowest BCUT2D eigenvalue weighted by Gasteiger charge is -1.99. The monoisotopic (exact) mass is 211 g/mol. The summed E-state index contributed by atoms with van der Waals surface area (Å²) in [7, 11) is 0. The second kappa shape index (κ2) is 4.32. The van der Waals surface area contributed by atoms with Gasteiger partial charge in [0.2, 0.25) is 5.75 Å². The number of nitro groups is 1. The molecule has 1 rings (SSSR count). The normalized spacial score (nSPS) is 10.5. The fourth-order valence-corrected chi connectivity index (χ4v) is 0.991. The van der Waals surface area contributed by atoms with Crippen molar-refractivity contribution in [1.82, 2.24) is 0 Å². The van der Waals surface area contributed by atoms with Gasteiger partial charge in [0.1, 0.15) is 6.29 Å². The highest BCUT2D eigenvalue weighted by Crippen LogP contribution is 2.30. The van der Waals surface area contributed by atoms with Gasteiger partial charge in [0, 0.05) is 6.07 Å². The molecule has 1 aromatic carbocycles. The molecule has 15 heavy (non-hydrogen) atoms. The Hall–Kier alpha value is -2.24. The third kappa shape index (κ3) is 2.37. The van der Waals surface area contributed by atoms with Crippen LogP contribution in [0.2, 0.25) is 0 Å². The predicted octanol–water partition coefficient (Wildman–Crippen LogP) is 1.65. The fraction of sp³-hybridized carbons (Fsp3) is 0. The first-order valence-corrected chi connectivity index (χ1v) is 3.85. The number of phenols is 1. The van der Waals surface area contributed by atoms with E-state index in [0.29, 0.717) is 6.29 Å². The van der Waals surface area contributed by atoms with E-state index < -0.39 is 22.2 Å². The predicted molar refractivity (Wildman–Crippen MR) is 49.8 cm³/mol. The van der Waals surface area contributed by atoms with Gasteiger partial charge in [-0.25, -0.2) is 4.39 Å². The van der Waals surface area contributed by atoms with Gasteiger partial charge in [-0.3, -0.25) is 14.9 Å². The van der Waals surface area contributed by atoms with Gasteiger partial charge in [-0.1, -0.05) is 6.08 Å². The molecule has 1 aromatic rings. The molecule has 0 radical (unpaired) electrons. The smallest absolute Gasteiger partial charge is 0.314 e. The average molecular weight is 211 g/mol. The van der Waals surface area contributed by atoms with Gasteiger partial charge in [-0.05, 0) is 17.7 Å². The maximum atomic E-state index is 13.0. The van der Waals surface area contributed by atoms with Crippen molar-refractivity contribution in [2.75, 3.05) is 0 Å². The minimum absolute atomic E-state index is 0.129. The Morgan fingerprint density at radius 2 is 2.13 bits per heavy atom. The highest BCUT2D eigenvalue weighted by molar-refractivity contribution is 5.74. The van der Waals surface area contributed by atoms with Crippen LogP contribution in [0.15, 0.2) is 18.2 Å². The van der Waals surface area contributed by atoms with E-state index in [1.807, 2.05) is 0 Å². The molecule has 0 unspecified atom stereocenters. The van der Waals surface area contributed by atoms with Crippen LogP contribution in [0.5, 0.6) is 5.75 Å². The number of hydrogen-bond donors (Lipinski definition) is 1. The molecule has 0 fully saturated rings. The lowest BCUT2D eigenvalue weighted by molar-refractivity contribution is -0.386. The van der Waals surface area contributed by atoms with Gasteiger partial charge >= 0.3 is 5.69 Å². The summed E-state index contributed by atoms with van der Waals surface area (Å²) in [6, 6.07) is 1.86. The molecular formula is C9H6FNO4. The summed E-state index contributed by atoms with van der Waals surface area (Å²) in [4.78, 5) is 19.5. The molecule has 0 aliphatic heterocycles. The fourth-order valence-electron chi connectivity index (χ4n) is 0.991. The molecule has 5 nitrogen and oxygen atoms in total. The van der Waals surface area contributed by atoms with Crippen molar-refractivity contribution in [3.05, 3.63) is 39.7 Å². The van der Waals surface area contributed by atoms with Crippen molar-refractivity contribution in [3.8, 4) is 5.75 Å². The van der Waals surface area contributed by atoms with E-state index >= 15 is 0 Å². The maximum Gasteiger partial charge on any atom is 0.314 e. The molecule has 6 heteroatoms. The zero-order valence-corrected chi connectivity index (χ0v) is 7.38. The second-order valence-corrected chi connectivity index (χ2v) is 2.62. The lowest BCUT2D eigenvalue weighted by atomic mass is 10.1. The molecule has 0 aliphatic carbocycles. The van der Waals surface area contributed by atoms with Crippen LogP contribution in [0.1, 0.15) is 5.56 Å². The highest BCUT2D eigenvalue weighted by Gasteiger charge is 2.18. The second-order valence-electron chi connectivity index (χ2n) is 2.62. The number of allylic oxidation sites excluding steroid dienone is 1. The number of halogens is 1. The van der Waals surface area contributed by atoms with Crippen LogP contribution in [0.3, 0.4) is 0 Å². The van der Waals surface area contributed by atoms with Gasteiger partial charge < -0.3 is 5.11 Å². The number of carbonyl (C=O) groups excluding carboxylic acids is 1. The molecular weight excluding hydrogens is 205 g/mol. The van der Waals surface area contributed by atoms with Crippen molar-refractivity contribution in [3.63, 3.8) is 0 Å². The Labute approximate surface area is 83.6 Å². The minimum atomic E-state index is -1.10. The third-order valence-electron chi connectivity index (χ3n) is 1.63. The molecule has 0 bridgehead atoms. The molecule has 0 aliphatic rings. The molecule has 0 saturated heterocycles. The van der Waals surface area contributed by atoms with Gasteiger partial charge in [-0.15, -0.1) is 0 Å². The summed E-state index contributed by atoms with van der Waals surface area (Å²) in [5, 5.41) is 19.4. The number of benzene rings is 1. The van der Waals surface area contributed by atoms with E-state index in [-0.39, 0.29) is 5.56 Å². The zero-order chi connectivity index (χ0) is 11.4. The summed E-state index contributed by atoms with van der Waals surface area (Å²) < 4.78 is 13.0. The van der Waals surface area contributed by atoms with Crippen molar-refractivity contribution >= 4 is 18.0 Å². The van der Waals surface area contributed by atoms with E-state index in [1.165, 1.54) is 6.08 Å². The van der Waals surface area contributed by atoms with E-state index in [1.54, 1.807) is 0 Å². The topological polar surface area (TPSA) is 80.4 Å². The van der Waals surface area contributed by atoms with Crippen molar-refractivity contribution in [1.29, 1.82) is 0 Å². The molecule has 0 atom stereocenters. The van der Waals surface area contributed by atoms with Crippen LogP contribution in [0.4, 0.5) is 10.1 Å². The quantitative estimate of drug-likeness (QED) is 0.356. The first-order chi connectivity index (χ1) is 7.06. The van der Waals surface area contributed by atoms with Gasteiger partial charge in [-0.2, -0.15) is 0 Å². The van der Waals surface area contributed by atoms with Crippen LogP contribution in [0.25, 0.3) is 6.08 Å². The highest BCUT2D eigenvalue weighted by atomic mass is 19.1.